The Morgan fingerprint density at radius 1 is 1.29 bits per heavy atom. The van der Waals surface area contributed by atoms with E-state index in [1.165, 1.54) is 13.8 Å². The van der Waals surface area contributed by atoms with Gasteiger partial charge in [0.2, 0.25) is 21.8 Å². The summed E-state index contributed by atoms with van der Waals surface area (Å²) in [5, 5.41) is 2.14. The number of hydrogen-bond acceptors (Lipinski definition) is 5. The molecule has 0 bridgehead atoms. The molecule has 0 spiro atoms. The number of hydrogen-bond donors (Lipinski definition) is 2. The summed E-state index contributed by atoms with van der Waals surface area (Å²) in [7, 11) is -3.86. The van der Waals surface area contributed by atoms with E-state index in [2.05, 4.69) is 5.32 Å². The van der Waals surface area contributed by atoms with Crippen molar-refractivity contribution in [3.63, 3.8) is 0 Å². The predicted octanol–water partition coefficient (Wildman–Crippen LogP) is -0.164. The fourth-order valence-corrected chi connectivity index (χ4v) is 4.05. The van der Waals surface area contributed by atoms with Gasteiger partial charge in [-0.15, -0.1) is 0 Å². The average molecular weight is 311 g/mol. The van der Waals surface area contributed by atoms with E-state index in [0.717, 1.165) is 4.31 Å². The summed E-state index contributed by atoms with van der Waals surface area (Å²) in [6.45, 7) is 2.54. The van der Waals surface area contributed by atoms with Gasteiger partial charge in [-0.1, -0.05) is 18.2 Å². The minimum atomic E-state index is -3.86. The number of imide groups is 1. The Balaban J connectivity index is 2.36. The number of para-hydroxylation sites is 1. The SMILES string of the molecule is CC1(C)C(=O)NC(=O)CN1S(=O)(=O)Cc1ccccc1N. The molecule has 0 unspecified atom stereocenters. The third-order valence-corrected chi connectivity index (χ3v) is 5.38. The highest BCUT2D eigenvalue weighted by Gasteiger charge is 2.47. The standard InChI is InChI=1S/C13H17N3O4S/c1-13(2)12(18)15-11(17)7-16(13)21(19,20)8-9-5-3-4-6-10(9)14/h3-6H,7-8,14H2,1-2H3,(H,15,17,18). The van der Waals surface area contributed by atoms with E-state index in [-0.39, 0.29) is 12.3 Å². The van der Waals surface area contributed by atoms with Gasteiger partial charge in [-0.3, -0.25) is 14.9 Å². The lowest BCUT2D eigenvalue weighted by Crippen LogP contribution is -2.65. The Bertz CT molecular complexity index is 697. The molecule has 1 aromatic carbocycles. The Morgan fingerprint density at radius 2 is 1.90 bits per heavy atom. The first kappa shape index (κ1) is 15.5. The first-order valence-corrected chi connectivity index (χ1v) is 7.93. The molecule has 3 N–H and O–H groups in total. The molecule has 114 valence electrons. The van der Waals surface area contributed by atoms with Crippen LogP contribution >= 0.6 is 0 Å². The van der Waals surface area contributed by atoms with Crippen LogP contribution in [-0.4, -0.2) is 36.6 Å². The molecule has 2 rings (SSSR count). The predicted molar refractivity (Wildman–Crippen MR) is 77.4 cm³/mol. The number of carbonyl (C=O) groups is 2. The van der Waals surface area contributed by atoms with Gasteiger partial charge in [-0.25, -0.2) is 8.42 Å². The quantitative estimate of drug-likeness (QED) is 0.595. The fraction of sp³-hybridized carbons (Fsp3) is 0.385. The fourth-order valence-electron chi connectivity index (χ4n) is 2.15. The summed E-state index contributed by atoms with van der Waals surface area (Å²) >= 11 is 0. The van der Waals surface area contributed by atoms with Crippen molar-refractivity contribution in [2.75, 3.05) is 12.3 Å². The summed E-state index contributed by atoms with van der Waals surface area (Å²) in [6.07, 6.45) is 0. The van der Waals surface area contributed by atoms with Crippen LogP contribution in [0.25, 0.3) is 0 Å². The van der Waals surface area contributed by atoms with Gasteiger partial charge in [0.05, 0.1) is 12.3 Å². The highest BCUT2D eigenvalue weighted by molar-refractivity contribution is 7.88. The number of rotatable bonds is 3. The van der Waals surface area contributed by atoms with Crippen LogP contribution in [0.3, 0.4) is 0 Å². The molecule has 0 aromatic heterocycles. The van der Waals surface area contributed by atoms with E-state index in [0.29, 0.717) is 11.3 Å². The van der Waals surface area contributed by atoms with Crippen LogP contribution in [-0.2, 0) is 25.4 Å². The summed E-state index contributed by atoms with van der Waals surface area (Å²) in [4.78, 5) is 23.3. The van der Waals surface area contributed by atoms with Gasteiger partial charge in [0, 0.05) is 5.69 Å². The molecule has 1 heterocycles. The summed E-state index contributed by atoms with van der Waals surface area (Å²) in [6, 6.07) is 6.59. The molecule has 0 saturated carbocycles. The number of nitrogens with one attached hydrogen (secondary N) is 1. The summed E-state index contributed by atoms with van der Waals surface area (Å²) < 4.78 is 26.0. The van der Waals surface area contributed by atoms with Crippen molar-refractivity contribution in [2.45, 2.75) is 25.1 Å². The molecule has 0 aliphatic carbocycles. The van der Waals surface area contributed by atoms with E-state index in [9.17, 15) is 18.0 Å². The van der Waals surface area contributed by atoms with E-state index < -0.39 is 27.4 Å². The molecule has 1 saturated heterocycles. The number of anilines is 1. The van der Waals surface area contributed by atoms with Crippen LogP contribution < -0.4 is 11.1 Å². The van der Waals surface area contributed by atoms with Crippen molar-refractivity contribution in [1.29, 1.82) is 0 Å². The second-order valence-electron chi connectivity index (χ2n) is 5.40. The molecule has 8 heteroatoms. The maximum Gasteiger partial charge on any atom is 0.247 e. The first-order chi connectivity index (χ1) is 9.64. The third kappa shape index (κ3) is 2.91. The maximum absolute atomic E-state index is 12.6. The Hall–Kier alpha value is -1.93. The molecule has 7 nitrogen and oxygen atoms in total. The van der Waals surface area contributed by atoms with Crippen LogP contribution in [0.4, 0.5) is 5.69 Å². The molecule has 1 fully saturated rings. The van der Waals surface area contributed by atoms with Gasteiger partial charge >= 0.3 is 0 Å². The van der Waals surface area contributed by atoms with Gasteiger partial charge in [-0.05, 0) is 25.5 Å². The molecule has 0 radical (unpaired) electrons. The lowest BCUT2D eigenvalue weighted by Gasteiger charge is -2.38. The number of nitrogens with two attached hydrogens (primary N) is 1. The monoisotopic (exact) mass is 311 g/mol. The van der Waals surface area contributed by atoms with Crippen molar-refractivity contribution >= 4 is 27.5 Å². The number of amides is 2. The van der Waals surface area contributed by atoms with E-state index in [1.54, 1.807) is 24.3 Å². The van der Waals surface area contributed by atoms with E-state index >= 15 is 0 Å². The Labute approximate surface area is 123 Å². The second-order valence-corrected chi connectivity index (χ2v) is 7.29. The molecular weight excluding hydrogens is 294 g/mol. The topological polar surface area (TPSA) is 110 Å². The zero-order chi connectivity index (χ0) is 15.8. The number of piperazine rings is 1. The van der Waals surface area contributed by atoms with Gasteiger partial charge in [-0.2, -0.15) is 4.31 Å². The molecule has 1 aliphatic heterocycles. The highest BCUT2D eigenvalue weighted by atomic mass is 32.2. The highest BCUT2D eigenvalue weighted by Crippen LogP contribution is 2.25. The van der Waals surface area contributed by atoms with Crippen LogP contribution in [0.15, 0.2) is 24.3 Å². The van der Waals surface area contributed by atoms with Crippen molar-refractivity contribution < 1.29 is 18.0 Å². The van der Waals surface area contributed by atoms with Crippen LogP contribution in [0.5, 0.6) is 0 Å². The van der Waals surface area contributed by atoms with E-state index in [1.807, 2.05) is 0 Å². The number of nitrogen functional groups attached to an aromatic ring is 1. The Kier molecular flexibility index (Phi) is 3.77. The van der Waals surface area contributed by atoms with Gasteiger partial charge in [0.1, 0.15) is 5.54 Å². The maximum atomic E-state index is 12.6. The van der Waals surface area contributed by atoms with Crippen molar-refractivity contribution in [2.24, 2.45) is 0 Å². The zero-order valence-electron chi connectivity index (χ0n) is 11.8. The van der Waals surface area contributed by atoms with Crippen molar-refractivity contribution in [3.05, 3.63) is 29.8 Å². The molecule has 2 amide bonds. The van der Waals surface area contributed by atoms with Gasteiger partial charge < -0.3 is 5.73 Å². The summed E-state index contributed by atoms with van der Waals surface area (Å²) in [5.41, 5.74) is 5.22. The number of benzene rings is 1. The van der Waals surface area contributed by atoms with Crippen LogP contribution in [0.2, 0.25) is 0 Å². The number of nitrogens with zero attached hydrogens (tertiary/aromatic N) is 1. The smallest absolute Gasteiger partial charge is 0.247 e. The Morgan fingerprint density at radius 3 is 2.52 bits per heavy atom. The van der Waals surface area contributed by atoms with Crippen LogP contribution in [0, 0.1) is 0 Å². The average Bonchev–Trinajstić information content (AvgIpc) is 2.36. The first-order valence-electron chi connectivity index (χ1n) is 6.33. The lowest BCUT2D eigenvalue weighted by molar-refractivity contribution is -0.141. The van der Waals surface area contributed by atoms with Crippen molar-refractivity contribution in [3.8, 4) is 0 Å². The molecule has 1 aromatic rings. The van der Waals surface area contributed by atoms with Crippen LogP contribution in [0.1, 0.15) is 19.4 Å². The molecule has 0 atom stereocenters. The van der Waals surface area contributed by atoms with Gasteiger partial charge in [0.15, 0.2) is 0 Å². The van der Waals surface area contributed by atoms with Gasteiger partial charge in [0.25, 0.3) is 0 Å². The number of carbonyl (C=O) groups excluding carboxylic acids is 2. The zero-order valence-corrected chi connectivity index (χ0v) is 12.6. The summed E-state index contributed by atoms with van der Waals surface area (Å²) in [5.74, 6) is -1.63. The molecule has 21 heavy (non-hydrogen) atoms. The van der Waals surface area contributed by atoms with Crippen molar-refractivity contribution in [1.82, 2.24) is 9.62 Å². The minimum Gasteiger partial charge on any atom is -0.398 e. The van der Waals surface area contributed by atoms with E-state index in [4.69, 9.17) is 5.73 Å². The largest absolute Gasteiger partial charge is 0.398 e. The second kappa shape index (κ2) is 5.12. The lowest BCUT2D eigenvalue weighted by atomic mass is 10.0. The minimum absolute atomic E-state index is 0.353. The molecular formula is C13H17N3O4S. The number of sulfonamides is 1. The third-order valence-electron chi connectivity index (χ3n) is 3.45. The normalized spacial score (nSPS) is 19.3. The molecule has 1 aliphatic rings.